The molecular formula is C25H28N2O4. The molecule has 6 heteroatoms. The summed E-state index contributed by atoms with van der Waals surface area (Å²) in [6.45, 7) is 9.35. The number of para-hydroxylation sites is 1. The Labute approximate surface area is 182 Å². The number of hydrogen-bond donors (Lipinski definition) is 1. The minimum absolute atomic E-state index is 0.00323. The fourth-order valence-corrected chi connectivity index (χ4v) is 3.71. The van der Waals surface area contributed by atoms with Crippen LogP contribution in [0, 0.1) is 0 Å². The van der Waals surface area contributed by atoms with E-state index < -0.39 is 12.1 Å². The highest BCUT2D eigenvalue weighted by Crippen LogP contribution is 2.27. The Morgan fingerprint density at radius 2 is 1.55 bits per heavy atom. The number of aromatic hydroxyl groups is 1. The van der Waals surface area contributed by atoms with Gasteiger partial charge in [0.15, 0.2) is 6.10 Å². The lowest BCUT2D eigenvalue weighted by atomic mass is 10.0. The summed E-state index contributed by atoms with van der Waals surface area (Å²) in [6, 6.07) is 15.6. The van der Waals surface area contributed by atoms with Crippen LogP contribution < -0.4 is 0 Å². The number of ether oxygens (including phenoxy) is 1. The number of amides is 1. The van der Waals surface area contributed by atoms with Crippen LogP contribution in [0.4, 0.5) is 0 Å². The average Bonchev–Trinajstić information content (AvgIpc) is 2.72. The monoisotopic (exact) mass is 420 g/mol. The molecule has 0 saturated heterocycles. The molecule has 0 radical (unpaired) electrons. The first-order valence-corrected chi connectivity index (χ1v) is 10.4. The second-order valence-electron chi connectivity index (χ2n) is 8.10. The van der Waals surface area contributed by atoms with E-state index in [1.54, 1.807) is 48.2 Å². The minimum atomic E-state index is -0.915. The minimum Gasteiger partial charge on any atom is -0.508 e. The summed E-state index contributed by atoms with van der Waals surface area (Å²) in [7, 11) is 0. The molecule has 1 amide bonds. The van der Waals surface area contributed by atoms with Crippen molar-refractivity contribution in [2.75, 3.05) is 0 Å². The largest absolute Gasteiger partial charge is 0.508 e. The van der Waals surface area contributed by atoms with Gasteiger partial charge in [-0.25, -0.2) is 9.78 Å². The fraction of sp³-hybridized carbons (Fsp3) is 0.320. The zero-order valence-corrected chi connectivity index (χ0v) is 18.5. The van der Waals surface area contributed by atoms with Crippen LogP contribution in [-0.2, 0) is 9.53 Å². The summed E-state index contributed by atoms with van der Waals surface area (Å²) in [5, 5.41) is 10.2. The van der Waals surface area contributed by atoms with Gasteiger partial charge >= 0.3 is 5.97 Å². The number of carbonyl (C=O) groups excluding carboxylic acids is 2. The van der Waals surface area contributed by atoms with Gasteiger partial charge in [0, 0.05) is 23.0 Å². The molecule has 0 saturated carbocycles. The molecule has 0 bridgehead atoms. The molecule has 3 aromatic rings. The van der Waals surface area contributed by atoms with Crippen molar-refractivity contribution in [3.05, 3.63) is 60.2 Å². The van der Waals surface area contributed by atoms with E-state index in [0.29, 0.717) is 22.2 Å². The number of nitrogens with zero attached hydrogens (tertiary/aromatic N) is 2. The lowest BCUT2D eigenvalue weighted by molar-refractivity contribution is -0.143. The summed E-state index contributed by atoms with van der Waals surface area (Å²) in [5.74, 6) is -0.654. The number of phenols is 1. The highest BCUT2D eigenvalue weighted by molar-refractivity contribution is 6.05. The van der Waals surface area contributed by atoms with Crippen molar-refractivity contribution in [1.29, 1.82) is 0 Å². The van der Waals surface area contributed by atoms with Crippen molar-refractivity contribution in [3.8, 4) is 17.0 Å². The highest BCUT2D eigenvalue weighted by atomic mass is 16.5. The van der Waals surface area contributed by atoms with Crippen molar-refractivity contribution in [1.82, 2.24) is 9.88 Å². The van der Waals surface area contributed by atoms with Crippen LogP contribution in [0.2, 0.25) is 0 Å². The van der Waals surface area contributed by atoms with Gasteiger partial charge in [0.1, 0.15) is 5.75 Å². The predicted octanol–water partition coefficient (Wildman–Crippen LogP) is 4.80. The quantitative estimate of drug-likeness (QED) is 0.580. The third-order valence-corrected chi connectivity index (χ3v) is 5.10. The molecular weight excluding hydrogens is 392 g/mol. The van der Waals surface area contributed by atoms with E-state index >= 15 is 0 Å². The average molecular weight is 421 g/mol. The van der Waals surface area contributed by atoms with Crippen molar-refractivity contribution in [2.45, 2.75) is 52.8 Å². The molecule has 0 aliphatic heterocycles. The van der Waals surface area contributed by atoms with E-state index in [2.05, 4.69) is 4.98 Å². The number of esters is 1. The van der Waals surface area contributed by atoms with Crippen LogP contribution in [-0.4, -0.2) is 45.1 Å². The van der Waals surface area contributed by atoms with Gasteiger partial charge in [-0.1, -0.05) is 18.2 Å². The van der Waals surface area contributed by atoms with Gasteiger partial charge in [-0.15, -0.1) is 0 Å². The van der Waals surface area contributed by atoms with Gasteiger partial charge in [0.25, 0.3) is 5.91 Å². The molecule has 1 heterocycles. The van der Waals surface area contributed by atoms with E-state index in [-0.39, 0.29) is 23.7 Å². The van der Waals surface area contributed by atoms with Crippen LogP contribution in [0.15, 0.2) is 54.6 Å². The zero-order chi connectivity index (χ0) is 22.7. The highest BCUT2D eigenvalue weighted by Gasteiger charge is 2.28. The third-order valence-electron chi connectivity index (χ3n) is 5.10. The lowest BCUT2D eigenvalue weighted by Crippen LogP contribution is -2.47. The summed E-state index contributed by atoms with van der Waals surface area (Å²) in [5.41, 5.74) is 2.32. The second kappa shape index (κ2) is 9.16. The number of benzene rings is 2. The first-order chi connectivity index (χ1) is 14.7. The first kappa shape index (κ1) is 22.3. The van der Waals surface area contributed by atoms with Crippen LogP contribution in [0.1, 0.15) is 45.0 Å². The number of aromatic nitrogens is 1. The summed E-state index contributed by atoms with van der Waals surface area (Å²) < 4.78 is 5.60. The lowest BCUT2D eigenvalue weighted by Gasteiger charge is -2.32. The van der Waals surface area contributed by atoms with E-state index in [9.17, 15) is 14.7 Å². The van der Waals surface area contributed by atoms with Gasteiger partial charge in [0.2, 0.25) is 0 Å². The molecule has 6 nitrogen and oxygen atoms in total. The SMILES string of the molecule is CC(C)N(C(=O)[C@H](C)OC(=O)c1cc(-c2ccc(O)cc2)nc2ccccc12)C(C)C. The molecule has 0 spiro atoms. The Kier molecular flexibility index (Phi) is 6.59. The molecule has 0 fully saturated rings. The smallest absolute Gasteiger partial charge is 0.339 e. The molecule has 2 aromatic carbocycles. The van der Waals surface area contributed by atoms with Gasteiger partial charge in [-0.05, 0) is 71.0 Å². The van der Waals surface area contributed by atoms with Crippen molar-refractivity contribution in [3.63, 3.8) is 0 Å². The van der Waals surface area contributed by atoms with E-state index in [4.69, 9.17) is 4.74 Å². The Bertz CT molecular complexity index is 1080. The van der Waals surface area contributed by atoms with Crippen molar-refractivity contribution in [2.24, 2.45) is 0 Å². The molecule has 0 aliphatic carbocycles. The Morgan fingerprint density at radius 3 is 2.16 bits per heavy atom. The maximum absolute atomic E-state index is 13.1. The van der Waals surface area contributed by atoms with Crippen molar-refractivity contribution >= 4 is 22.8 Å². The van der Waals surface area contributed by atoms with Crippen LogP contribution in [0.3, 0.4) is 0 Å². The van der Waals surface area contributed by atoms with E-state index in [0.717, 1.165) is 5.56 Å². The zero-order valence-electron chi connectivity index (χ0n) is 18.5. The molecule has 162 valence electrons. The van der Waals surface area contributed by atoms with Crippen molar-refractivity contribution < 1.29 is 19.4 Å². The van der Waals surface area contributed by atoms with Gasteiger partial charge in [-0.2, -0.15) is 0 Å². The normalized spacial score (nSPS) is 12.2. The number of fused-ring (bicyclic) bond motifs is 1. The Hall–Kier alpha value is -3.41. The predicted molar refractivity (Wildman–Crippen MR) is 121 cm³/mol. The van der Waals surface area contributed by atoms with E-state index in [1.807, 2.05) is 45.9 Å². The topological polar surface area (TPSA) is 79.7 Å². The standard InChI is InChI=1S/C25H28N2O4/c1-15(2)27(16(3)4)24(29)17(5)31-25(30)21-14-23(18-10-12-19(28)13-11-18)26-22-9-7-6-8-20(21)22/h6-17,28H,1-5H3/t17-/m0/s1. The van der Waals surface area contributed by atoms with Gasteiger partial charge in [-0.3, -0.25) is 4.79 Å². The third kappa shape index (κ3) is 4.85. The molecule has 1 aromatic heterocycles. The number of hydrogen-bond acceptors (Lipinski definition) is 5. The molecule has 3 rings (SSSR count). The summed E-state index contributed by atoms with van der Waals surface area (Å²) in [6.07, 6.45) is -0.915. The molecule has 0 aliphatic rings. The fourth-order valence-electron chi connectivity index (χ4n) is 3.71. The van der Waals surface area contributed by atoms with Crippen LogP contribution >= 0.6 is 0 Å². The summed E-state index contributed by atoms with van der Waals surface area (Å²) in [4.78, 5) is 32.4. The number of pyridine rings is 1. The van der Waals surface area contributed by atoms with Gasteiger partial charge < -0.3 is 14.7 Å². The van der Waals surface area contributed by atoms with Gasteiger partial charge in [0.05, 0.1) is 16.8 Å². The number of carbonyl (C=O) groups is 2. The Balaban J connectivity index is 1.96. The maximum Gasteiger partial charge on any atom is 0.339 e. The van der Waals surface area contributed by atoms with E-state index in [1.165, 1.54) is 0 Å². The van der Waals surface area contributed by atoms with Crippen LogP contribution in [0.25, 0.3) is 22.2 Å². The summed E-state index contributed by atoms with van der Waals surface area (Å²) >= 11 is 0. The van der Waals surface area contributed by atoms with Crippen LogP contribution in [0.5, 0.6) is 5.75 Å². The number of rotatable bonds is 6. The molecule has 31 heavy (non-hydrogen) atoms. The molecule has 0 unspecified atom stereocenters. The maximum atomic E-state index is 13.1. The molecule has 1 atom stereocenters. The number of phenolic OH excluding ortho intramolecular Hbond substituents is 1. The first-order valence-electron chi connectivity index (χ1n) is 10.4. The Morgan fingerprint density at radius 1 is 0.935 bits per heavy atom. The molecule has 1 N–H and O–H groups in total. The second-order valence-corrected chi connectivity index (χ2v) is 8.10.